The van der Waals surface area contributed by atoms with Crippen LogP contribution in [0.1, 0.15) is 18.9 Å². The first-order valence-electron chi connectivity index (χ1n) is 6.65. The Morgan fingerprint density at radius 2 is 1.95 bits per heavy atom. The molecule has 0 aliphatic heterocycles. The summed E-state index contributed by atoms with van der Waals surface area (Å²) in [5.41, 5.74) is 1.15. The van der Waals surface area contributed by atoms with Crippen LogP contribution in [0.3, 0.4) is 0 Å². The summed E-state index contributed by atoms with van der Waals surface area (Å²) in [7, 11) is 7.54. The number of hydrogen-bond donors (Lipinski definition) is 1. The van der Waals surface area contributed by atoms with Gasteiger partial charge in [0.15, 0.2) is 0 Å². The number of nitrogens with one attached hydrogen (secondary N) is 1. The number of nitrogens with zero attached hydrogens (tertiary/aromatic N) is 1. The van der Waals surface area contributed by atoms with Gasteiger partial charge in [-0.15, -0.1) is 0 Å². The minimum absolute atomic E-state index is 0.481. The molecule has 0 aliphatic rings. The first-order valence-corrected chi connectivity index (χ1v) is 6.65. The van der Waals surface area contributed by atoms with E-state index in [9.17, 15) is 0 Å². The maximum Gasteiger partial charge on any atom is 0.127 e. The summed E-state index contributed by atoms with van der Waals surface area (Å²) < 4.78 is 10.6. The van der Waals surface area contributed by atoms with E-state index in [-0.39, 0.29) is 0 Å². The van der Waals surface area contributed by atoms with Crippen LogP contribution in [0.5, 0.6) is 11.5 Å². The predicted octanol–water partition coefficient (Wildman–Crippen LogP) is 2.13. The highest BCUT2D eigenvalue weighted by molar-refractivity contribution is 5.40. The van der Waals surface area contributed by atoms with Crippen LogP contribution in [0.25, 0.3) is 0 Å². The van der Waals surface area contributed by atoms with Crippen LogP contribution in [-0.4, -0.2) is 45.8 Å². The molecule has 1 unspecified atom stereocenters. The molecule has 0 saturated carbocycles. The van der Waals surface area contributed by atoms with Crippen LogP contribution in [0.2, 0.25) is 0 Å². The van der Waals surface area contributed by atoms with Crippen molar-refractivity contribution in [1.82, 2.24) is 10.2 Å². The van der Waals surface area contributed by atoms with Crippen molar-refractivity contribution in [1.29, 1.82) is 0 Å². The summed E-state index contributed by atoms with van der Waals surface area (Å²) in [6.07, 6.45) is 1.13. The van der Waals surface area contributed by atoms with Gasteiger partial charge in [0.05, 0.1) is 14.2 Å². The molecule has 0 amide bonds. The van der Waals surface area contributed by atoms with Crippen LogP contribution in [0.4, 0.5) is 0 Å². The number of hydrogen-bond acceptors (Lipinski definition) is 4. The van der Waals surface area contributed by atoms with Gasteiger partial charge in [0.25, 0.3) is 0 Å². The molecule has 0 saturated heterocycles. The number of benzene rings is 1. The monoisotopic (exact) mass is 266 g/mol. The molecule has 108 valence electrons. The summed E-state index contributed by atoms with van der Waals surface area (Å²) in [5, 5.41) is 3.52. The van der Waals surface area contributed by atoms with Gasteiger partial charge in [-0.25, -0.2) is 0 Å². The van der Waals surface area contributed by atoms with Gasteiger partial charge in [-0.3, -0.25) is 0 Å². The van der Waals surface area contributed by atoms with Crippen molar-refractivity contribution in [3.05, 3.63) is 23.8 Å². The molecule has 4 heteroatoms. The van der Waals surface area contributed by atoms with Crippen molar-refractivity contribution in [2.75, 3.05) is 34.9 Å². The molecule has 1 rings (SSSR count). The molecule has 1 aromatic rings. The van der Waals surface area contributed by atoms with Crippen molar-refractivity contribution in [2.45, 2.75) is 25.9 Å². The summed E-state index contributed by atoms with van der Waals surface area (Å²) in [6.45, 7) is 4.11. The van der Waals surface area contributed by atoms with Crippen LogP contribution in [0, 0.1) is 0 Å². The molecule has 1 N–H and O–H groups in total. The first-order chi connectivity index (χ1) is 9.06. The fourth-order valence-corrected chi connectivity index (χ4v) is 1.84. The lowest BCUT2D eigenvalue weighted by Crippen LogP contribution is -2.29. The van der Waals surface area contributed by atoms with Gasteiger partial charge in [0.1, 0.15) is 11.5 Å². The fraction of sp³-hybridized carbons (Fsp3) is 0.600. The molecule has 0 aliphatic carbocycles. The second-order valence-electron chi connectivity index (χ2n) is 5.05. The zero-order valence-electron chi connectivity index (χ0n) is 12.7. The van der Waals surface area contributed by atoms with Crippen LogP contribution in [-0.2, 0) is 6.54 Å². The molecule has 0 radical (unpaired) electrons. The Morgan fingerprint density at radius 3 is 2.53 bits per heavy atom. The normalized spacial score (nSPS) is 12.5. The SMILES string of the molecule is COc1ccc(CNC(C)CCN(C)C)c(OC)c1. The van der Waals surface area contributed by atoms with Gasteiger partial charge in [0.2, 0.25) is 0 Å². The average molecular weight is 266 g/mol. The largest absolute Gasteiger partial charge is 0.497 e. The molecule has 0 spiro atoms. The third-order valence-electron chi connectivity index (χ3n) is 3.14. The van der Waals surface area contributed by atoms with Crippen LogP contribution in [0.15, 0.2) is 18.2 Å². The molecule has 0 bridgehead atoms. The average Bonchev–Trinajstić information content (AvgIpc) is 2.42. The van der Waals surface area contributed by atoms with Gasteiger partial charge in [-0.2, -0.15) is 0 Å². The van der Waals surface area contributed by atoms with Gasteiger partial charge in [-0.05, 0) is 40.1 Å². The number of methoxy groups -OCH3 is 2. The highest BCUT2D eigenvalue weighted by atomic mass is 16.5. The summed E-state index contributed by atoms with van der Waals surface area (Å²) >= 11 is 0. The minimum Gasteiger partial charge on any atom is -0.497 e. The number of ether oxygens (including phenoxy) is 2. The predicted molar refractivity (Wildman–Crippen MR) is 79.0 cm³/mol. The maximum atomic E-state index is 5.39. The van der Waals surface area contributed by atoms with Crippen LogP contribution >= 0.6 is 0 Å². The van der Waals surface area contributed by atoms with E-state index in [1.807, 2.05) is 18.2 Å². The molecule has 0 aromatic heterocycles. The Bertz CT molecular complexity index is 380. The molecule has 1 atom stereocenters. The molecule has 0 fully saturated rings. The lowest BCUT2D eigenvalue weighted by Gasteiger charge is -2.18. The number of rotatable bonds is 8. The molecule has 19 heavy (non-hydrogen) atoms. The van der Waals surface area contributed by atoms with E-state index in [4.69, 9.17) is 9.47 Å². The quantitative estimate of drug-likeness (QED) is 0.781. The highest BCUT2D eigenvalue weighted by Crippen LogP contribution is 2.24. The van der Waals surface area contributed by atoms with Crippen molar-refractivity contribution >= 4 is 0 Å². The topological polar surface area (TPSA) is 33.7 Å². The second-order valence-corrected chi connectivity index (χ2v) is 5.05. The van der Waals surface area contributed by atoms with Gasteiger partial charge in [-0.1, -0.05) is 6.07 Å². The lowest BCUT2D eigenvalue weighted by atomic mass is 10.1. The summed E-state index contributed by atoms with van der Waals surface area (Å²) in [4.78, 5) is 2.20. The van der Waals surface area contributed by atoms with Gasteiger partial charge in [0, 0.05) is 24.2 Å². The molecular formula is C15H26N2O2. The van der Waals surface area contributed by atoms with Crippen molar-refractivity contribution in [3.63, 3.8) is 0 Å². The summed E-state index contributed by atoms with van der Waals surface area (Å²) in [6, 6.07) is 6.41. The molecule has 1 aromatic carbocycles. The van der Waals surface area contributed by atoms with Crippen molar-refractivity contribution < 1.29 is 9.47 Å². The Kier molecular flexibility index (Phi) is 6.67. The third-order valence-corrected chi connectivity index (χ3v) is 3.14. The Morgan fingerprint density at radius 1 is 1.21 bits per heavy atom. The van der Waals surface area contributed by atoms with Crippen molar-refractivity contribution in [3.8, 4) is 11.5 Å². The maximum absolute atomic E-state index is 5.39. The first kappa shape index (κ1) is 15.8. The van der Waals surface area contributed by atoms with Crippen LogP contribution < -0.4 is 14.8 Å². The summed E-state index contributed by atoms with van der Waals surface area (Å²) in [5.74, 6) is 1.69. The zero-order chi connectivity index (χ0) is 14.3. The molecule has 0 heterocycles. The van der Waals surface area contributed by atoms with E-state index in [2.05, 4.69) is 31.2 Å². The van der Waals surface area contributed by atoms with E-state index >= 15 is 0 Å². The Labute approximate surface area is 116 Å². The van der Waals surface area contributed by atoms with E-state index in [1.165, 1.54) is 0 Å². The standard InChI is InChI=1S/C15H26N2O2/c1-12(8-9-17(2)3)16-11-13-6-7-14(18-4)10-15(13)19-5/h6-7,10,12,16H,8-9,11H2,1-5H3. The highest BCUT2D eigenvalue weighted by Gasteiger charge is 2.07. The van der Waals surface area contributed by atoms with E-state index in [0.717, 1.165) is 36.6 Å². The Balaban J connectivity index is 2.52. The third kappa shape index (κ3) is 5.49. The van der Waals surface area contributed by atoms with E-state index in [0.29, 0.717) is 6.04 Å². The molecule has 4 nitrogen and oxygen atoms in total. The van der Waals surface area contributed by atoms with E-state index < -0.39 is 0 Å². The fourth-order valence-electron chi connectivity index (χ4n) is 1.84. The van der Waals surface area contributed by atoms with Crippen molar-refractivity contribution in [2.24, 2.45) is 0 Å². The minimum atomic E-state index is 0.481. The van der Waals surface area contributed by atoms with Gasteiger partial charge < -0.3 is 19.7 Å². The zero-order valence-corrected chi connectivity index (χ0v) is 12.7. The second kappa shape index (κ2) is 8.02. The Hall–Kier alpha value is -1.26. The smallest absolute Gasteiger partial charge is 0.127 e. The lowest BCUT2D eigenvalue weighted by molar-refractivity contribution is 0.362. The van der Waals surface area contributed by atoms with E-state index in [1.54, 1.807) is 14.2 Å². The van der Waals surface area contributed by atoms with Gasteiger partial charge >= 0.3 is 0 Å². The molecular weight excluding hydrogens is 240 g/mol.